The standard InChI is InChI=1S/C4H9OSi/c1-3-4(2)6-5/h3H,6H2,1-2H3/b4-3-. The van der Waals surface area contributed by atoms with E-state index in [-0.39, 0.29) is 0 Å². The molecule has 0 aromatic carbocycles. The zero-order valence-corrected chi connectivity index (χ0v) is 5.61. The lowest BCUT2D eigenvalue weighted by atomic mass is 10.6. The Labute approximate surface area is 40.6 Å². The average molecular weight is 101 g/mol. The van der Waals surface area contributed by atoms with Crippen molar-refractivity contribution in [2.45, 2.75) is 13.8 Å². The van der Waals surface area contributed by atoms with Crippen LogP contribution in [-0.2, 0) is 4.80 Å². The number of allylic oxidation sites excluding steroid dienone is 2. The summed E-state index contributed by atoms with van der Waals surface area (Å²) in [6.07, 6.45) is 1.89. The highest BCUT2D eigenvalue weighted by Gasteiger charge is 1.79. The van der Waals surface area contributed by atoms with Crippen LogP contribution in [-0.4, -0.2) is 9.76 Å². The van der Waals surface area contributed by atoms with Crippen LogP contribution >= 0.6 is 0 Å². The third kappa shape index (κ3) is 2.17. The van der Waals surface area contributed by atoms with Crippen LogP contribution in [0.1, 0.15) is 13.8 Å². The molecule has 1 radical (unpaired) electrons. The van der Waals surface area contributed by atoms with E-state index in [0.29, 0.717) is 0 Å². The molecular weight excluding hydrogens is 92.1 g/mol. The highest BCUT2D eigenvalue weighted by Crippen LogP contribution is 1.82. The highest BCUT2D eigenvalue weighted by molar-refractivity contribution is 6.35. The van der Waals surface area contributed by atoms with Crippen molar-refractivity contribution in [3.8, 4) is 0 Å². The molecule has 0 aliphatic rings. The van der Waals surface area contributed by atoms with Gasteiger partial charge in [0.2, 0.25) is 9.76 Å². The summed E-state index contributed by atoms with van der Waals surface area (Å²) in [6, 6.07) is 0. The van der Waals surface area contributed by atoms with Gasteiger partial charge in [0.1, 0.15) is 0 Å². The van der Waals surface area contributed by atoms with Gasteiger partial charge in [-0.15, -0.1) is 0 Å². The highest BCUT2D eigenvalue weighted by atomic mass is 28.2. The monoisotopic (exact) mass is 101 g/mol. The van der Waals surface area contributed by atoms with Crippen LogP contribution in [0, 0.1) is 0 Å². The molecule has 0 unspecified atom stereocenters. The smallest absolute Gasteiger partial charge is 0.233 e. The molecular formula is C4H9OSi. The lowest BCUT2D eigenvalue weighted by Crippen LogP contribution is -1.83. The normalized spacial score (nSPS) is 14.2. The van der Waals surface area contributed by atoms with Crippen molar-refractivity contribution in [2.24, 2.45) is 0 Å². The predicted octanol–water partition coefficient (Wildman–Crippen LogP) is 0.424. The summed E-state index contributed by atoms with van der Waals surface area (Å²) < 4.78 is 0. The van der Waals surface area contributed by atoms with Crippen molar-refractivity contribution in [3.05, 3.63) is 11.3 Å². The maximum atomic E-state index is 9.93. The van der Waals surface area contributed by atoms with Crippen molar-refractivity contribution < 1.29 is 4.80 Å². The van der Waals surface area contributed by atoms with Gasteiger partial charge in [0, 0.05) is 0 Å². The molecule has 0 saturated heterocycles. The molecule has 35 valence electrons. The van der Waals surface area contributed by atoms with E-state index in [1.165, 1.54) is 0 Å². The van der Waals surface area contributed by atoms with Crippen LogP contribution in [0.3, 0.4) is 0 Å². The van der Waals surface area contributed by atoms with Gasteiger partial charge in [-0.2, -0.15) is 0 Å². The summed E-state index contributed by atoms with van der Waals surface area (Å²) in [5.41, 5.74) is 0. The van der Waals surface area contributed by atoms with E-state index in [1.54, 1.807) is 0 Å². The van der Waals surface area contributed by atoms with Crippen LogP contribution < -0.4 is 0 Å². The number of hydrogen-bond acceptors (Lipinski definition) is 0. The lowest BCUT2D eigenvalue weighted by Gasteiger charge is -1.80. The van der Waals surface area contributed by atoms with Crippen LogP contribution in [0.4, 0.5) is 0 Å². The number of rotatable bonds is 1. The van der Waals surface area contributed by atoms with E-state index in [9.17, 15) is 4.80 Å². The van der Waals surface area contributed by atoms with E-state index >= 15 is 0 Å². The first-order valence-electron chi connectivity index (χ1n) is 2.01. The van der Waals surface area contributed by atoms with Gasteiger partial charge in [-0.25, -0.2) is 0 Å². The molecule has 0 heterocycles. The maximum Gasteiger partial charge on any atom is 0.233 e. The fraction of sp³-hybridized carbons (Fsp3) is 0.500. The molecule has 0 rings (SSSR count). The minimum Gasteiger partial charge on any atom is -0.301 e. The Bertz CT molecular complexity index is 58.6. The van der Waals surface area contributed by atoms with Crippen molar-refractivity contribution >= 4 is 9.76 Å². The van der Waals surface area contributed by atoms with E-state index in [0.717, 1.165) is 5.20 Å². The Hall–Kier alpha value is -0.0831. The van der Waals surface area contributed by atoms with Crippen LogP contribution in [0.25, 0.3) is 0 Å². The van der Waals surface area contributed by atoms with Gasteiger partial charge in [0.25, 0.3) is 0 Å². The predicted molar refractivity (Wildman–Crippen MR) is 28.7 cm³/mol. The van der Waals surface area contributed by atoms with Crippen molar-refractivity contribution in [1.82, 2.24) is 0 Å². The Balaban J connectivity index is 3.22. The molecule has 1 nitrogen and oxygen atoms in total. The Morgan fingerprint density at radius 2 is 2.33 bits per heavy atom. The molecule has 0 N–H and O–H groups in total. The van der Waals surface area contributed by atoms with Gasteiger partial charge >= 0.3 is 0 Å². The maximum absolute atomic E-state index is 9.93. The van der Waals surface area contributed by atoms with Gasteiger partial charge in [-0.05, 0) is 13.8 Å². The van der Waals surface area contributed by atoms with E-state index in [4.69, 9.17) is 0 Å². The van der Waals surface area contributed by atoms with E-state index in [2.05, 4.69) is 0 Å². The largest absolute Gasteiger partial charge is 0.301 e. The Morgan fingerprint density at radius 3 is 2.33 bits per heavy atom. The zero-order chi connectivity index (χ0) is 4.99. The van der Waals surface area contributed by atoms with E-state index in [1.807, 2.05) is 19.9 Å². The molecule has 0 aromatic heterocycles. The molecule has 0 spiro atoms. The second-order valence-corrected chi connectivity index (χ2v) is 2.68. The molecule has 0 aromatic rings. The molecule has 2 heteroatoms. The fourth-order valence-corrected chi connectivity index (χ4v) is 0.250. The quantitative estimate of drug-likeness (QED) is 0.427. The summed E-state index contributed by atoms with van der Waals surface area (Å²) in [7, 11) is -1.05. The third-order valence-electron chi connectivity index (χ3n) is 0.720. The first kappa shape index (κ1) is 5.92. The average Bonchev–Trinajstić information content (AvgIpc) is 1.65. The van der Waals surface area contributed by atoms with Gasteiger partial charge in [-0.1, -0.05) is 11.3 Å². The summed E-state index contributed by atoms with van der Waals surface area (Å²) in [5.74, 6) is 0. The fourth-order valence-electron chi connectivity index (χ4n) is 0.0833. The molecule has 0 aliphatic heterocycles. The van der Waals surface area contributed by atoms with Crippen molar-refractivity contribution in [1.29, 1.82) is 0 Å². The second-order valence-electron chi connectivity index (χ2n) is 1.28. The summed E-state index contributed by atoms with van der Waals surface area (Å²) in [4.78, 5) is 9.93. The Kier molecular flexibility index (Phi) is 3.08. The SMILES string of the molecule is C/C=C(/C)[SiH2][O]. The van der Waals surface area contributed by atoms with E-state index < -0.39 is 9.76 Å². The lowest BCUT2D eigenvalue weighted by molar-refractivity contribution is 0.480. The molecule has 0 saturated carbocycles. The molecule has 0 aliphatic carbocycles. The summed E-state index contributed by atoms with van der Waals surface area (Å²) in [6.45, 7) is 3.79. The molecule has 0 bridgehead atoms. The van der Waals surface area contributed by atoms with Crippen LogP contribution in [0.15, 0.2) is 11.3 Å². The topological polar surface area (TPSA) is 19.9 Å². The van der Waals surface area contributed by atoms with Gasteiger partial charge < -0.3 is 4.80 Å². The van der Waals surface area contributed by atoms with Crippen LogP contribution in [0.2, 0.25) is 0 Å². The first-order chi connectivity index (χ1) is 2.81. The zero-order valence-electron chi connectivity index (χ0n) is 4.19. The van der Waals surface area contributed by atoms with Crippen molar-refractivity contribution in [2.75, 3.05) is 0 Å². The van der Waals surface area contributed by atoms with Gasteiger partial charge in [0.15, 0.2) is 0 Å². The van der Waals surface area contributed by atoms with Crippen molar-refractivity contribution in [3.63, 3.8) is 0 Å². The minimum absolute atomic E-state index is 1.05. The summed E-state index contributed by atoms with van der Waals surface area (Å²) >= 11 is 0. The molecule has 0 fully saturated rings. The molecule has 0 amide bonds. The van der Waals surface area contributed by atoms with Gasteiger partial charge in [0.05, 0.1) is 0 Å². The van der Waals surface area contributed by atoms with Gasteiger partial charge in [-0.3, -0.25) is 0 Å². The second kappa shape index (κ2) is 3.12. The molecule has 6 heavy (non-hydrogen) atoms. The third-order valence-corrected chi connectivity index (χ3v) is 1.58. The minimum atomic E-state index is -1.05. The van der Waals surface area contributed by atoms with Crippen LogP contribution in [0.5, 0.6) is 0 Å². The number of hydrogen-bond donors (Lipinski definition) is 0. The molecule has 0 atom stereocenters. The summed E-state index contributed by atoms with van der Waals surface area (Å²) in [5, 5.41) is 1.05. The Morgan fingerprint density at radius 1 is 1.83 bits per heavy atom. The first-order valence-corrected chi connectivity index (χ1v) is 3.29.